The molecule has 3 nitrogen and oxygen atoms in total. The van der Waals surface area contributed by atoms with Gasteiger partial charge in [0.15, 0.2) is 0 Å². The van der Waals surface area contributed by atoms with Crippen molar-refractivity contribution in [3.8, 4) is 0 Å². The molecule has 3 N–H and O–H groups in total. The minimum absolute atomic E-state index is 0.0323. The van der Waals surface area contributed by atoms with E-state index in [4.69, 9.17) is 5.73 Å². The topological polar surface area (TPSA) is 55.1 Å². The Hall–Kier alpha value is -0.570. The van der Waals surface area contributed by atoms with E-state index in [0.717, 1.165) is 25.8 Å². The van der Waals surface area contributed by atoms with Crippen LogP contribution in [0.1, 0.15) is 52.9 Å². The van der Waals surface area contributed by atoms with Crippen LogP contribution >= 0.6 is 0 Å². The molecule has 1 amide bonds. The van der Waals surface area contributed by atoms with Crippen LogP contribution in [0.15, 0.2) is 0 Å². The molecular weight excluding hydrogens is 200 g/mol. The third-order valence-electron chi connectivity index (χ3n) is 3.20. The first-order valence-corrected chi connectivity index (χ1v) is 6.43. The van der Waals surface area contributed by atoms with Gasteiger partial charge >= 0.3 is 0 Å². The zero-order valence-corrected chi connectivity index (χ0v) is 10.9. The lowest BCUT2D eigenvalue weighted by molar-refractivity contribution is -0.126. The molecule has 0 aromatic carbocycles. The number of hydrogen-bond acceptors (Lipinski definition) is 2. The van der Waals surface area contributed by atoms with Crippen LogP contribution in [0, 0.1) is 11.3 Å². The molecule has 2 unspecified atom stereocenters. The monoisotopic (exact) mass is 226 g/mol. The summed E-state index contributed by atoms with van der Waals surface area (Å²) in [6.45, 7) is 7.11. The number of hydrogen-bond donors (Lipinski definition) is 2. The van der Waals surface area contributed by atoms with E-state index in [1.165, 1.54) is 12.8 Å². The number of nitrogens with two attached hydrogens (primary N) is 1. The Morgan fingerprint density at radius 1 is 1.25 bits per heavy atom. The van der Waals surface area contributed by atoms with E-state index in [2.05, 4.69) is 26.1 Å². The van der Waals surface area contributed by atoms with Crippen molar-refractivity contribution < 1.29 is 4.79 Å². The van der Waals surface area contributed by atoms with E-state index >= 15 is 0 Å². The molecule has 1 aliphatic rings. The lowest BCUT2D eigenvalue weighted by Crippen LogP contribution is -2.43. The summed E-state index contributed by atoms with van der Waals surface area (Å²) in [6, 6.07) is 0.0578. The molecule has 1 rings (SSSR count). The van der Waals surface area contributed by atoms with Crippen molar-refractivity contribution in [3.05, 3.63) is 0 Å². The minimum Gasteiger partial charge on any atom is -0.355 e. The van der Waals surface area contributed by atoms with E-state index in [0.29, 0.717) is 0 Å². The summed E-state index contributed by atoms with van der Waals surface area (Å²) < 4.78 is 0. The molecule has 1 fully saturated rings. The third-order valence-corrected chi connectivity index (χ3v) is 3.20. The molecule has 0 radical (unpaired) electrons. The van der Waals surface area contributed by atoms with Gasteiger partial charge in [0.25, 0.3) is 0 Å². The second-order valence-corrected chi connectivity index (χ2v) is 6.19. The summed E-state index contributed by atoms with van der Waals surface area (Å²) in [7, 11) is 0. The zero-order valence-electron chi connectivity index (χ0n) is 10.9. The van der Waals surface area contributed by atoms with Gasteiger partial charge in [-0.2, -0.15) is 0 Å². The SMILES string of the molecule is CC(C)(C)CNC(=O)C1CCCCCC1N. The molecule has 0 aromatic rings. The molecule has 0 aromatic heterocycles. The van der Waals surface area contributed by atoms with Gasteiger partial charge in [0.05, 0.1) is 5.92 Å². The Kier molecular flexibility index (Phi) is 4.78. The van der Waals surface area contributed by atoms with Crippen molar-refractivity contribution in [2.24, 2.45) is 17.1 Å². The number of amides is 1. The summed E-state index contributed by atoms with van der Waals surface area (Å²) in [5, 5.41) is 3.03. The highest BCUT2D eigenvalue weighted by Gasteiger charge is 2.27. The van der Waals surface area contributed by atoms with Crippen LogP contribution in [0.5, 0.6) is 0 Å². The molecule has 1 saturated carbocycles. The normalized spacial score (nSPS) is 27.2. The molecule has 0 saturated heterocycles. The average Bonchev–Trinajstić information content (AvgIpc) is 2.38. The van der Waals surface area contributed by atoms with Gasteiger partial charge in [-0.05, 0) is 18.3 Å². The average molecular weight is 226 g/mol. The number of carbonyl (C=O) groups excluding carboxylic acids is 1. The van der Waals surface area contributed by atoms with Gasteiger partial charge in [0.1, 0.15) is 0 Å². The maximum atomic E-state index is 12.0. The van der Waals surface area contributed by atoms with Crippen LogP contribution in [0.2, 0.25) is 0 Å². The van der Waals surface area contributed by atoms with E-state index in [9.17, 15) is 4.79 Å². The summed E-state index contributed by atoms with van der Waals surface area (Å²) in [5.41, 5.74) is 6.20. The van der Waals surface area contributed by atoms with E-state index < -0.39 is 0 Å². The second-order valence-electron chi connectivity index (χ2n) is 6.19. The molecule has 0 aliphatic heterocycles. The highest BCUT2D eigenvalue weighted by atomic mass is 16.1. The van der Waals surface area contributed by atoms with Gasteiger partial charge in [-0.3, -0.25) is 4.79 Å². The summed E-state index contributed by atoms with van der Waals surface area (Å²) in [4.78, 5) is 12.0. The Bertz CT molecular complexity index is 233. The predicted octanol–water partition coefficient (Wildman–Crippen LogP) is 2.06. The fourth-order valence-electron chi connectivity index (χ4n) is 2.15. The van der Waals surface area contributed by atoms with Crippen LogP contribution in [-0.2, 0) is 4.79 Å². The van der Waals surface area contributed by atoms with Crippen LogP contribution in [0.4, 0.5) is 0 Å². The van der Waals surface area contributed by atoms with Crippen molar-refractivity contribution >= 4 is 5.91 Å². The maximum Gasteiger partial charge on any atom is 0.224 e. The van der Waals surface area contributed by atoms with Gasteiger partial charge in [0, 0.05) is 12.6 Å². The molecule has 94 valence electrons. The fourth-order valence-corrected chi connectivity index (χ4v) is 2.15. The van der Waals surface area contributed by atoms with Crippen molar-refractivity contribution in [1.82, 2.24) is 5.32 Å². The molecule has 0 bridgehead atoms. The second kappa shape index (κ2) is 5.67. The van der Waals surface area contributed by atoms with Crippen molar-refractivity contribution in [3.63, 3.8) is 0 Å². The predicted molar refractivity (Wildman–Crippen MR) is 67.0 cm³/mol. The zero-order chi connectivity index (χ0) is 12.2. The lowest BCUT2D eigenvalue weighted by atomic mass is 9.93. The minimum atomic E-state index is 0.0323. The molecule has 16 heavy (non-hydrogen) atoms. The standard InChI is InChI=1S/C13H26N2O/c1-13(2,3)9-15-12(16)10-7-5-4-6-8-11(10)14/h10-11H,4-9,14H2,1-3H3,(H,15,16). The molecule has 0 heterocycles. The maximum absolute atomic E-state index is 12.0. The van der Waals surface area contributed by atoms with Gasteiger partial charge in [0.2, 0.25) is 5.91 Å². The molecule has 2 atom stereocenters. The Balaban J connectivity index is 2.45. The first kappa shape index (κ1) is 13.5. The van der Waals surface area contributed by atoms with Gasteiger partial charge in [-0.1, -0.05) is 40.0 Å². The Morgan fingerprint density at radius 3 is 2.50 bits per heavy atom. The smallest absolute Gasteiger partial charge is 0.224 e. The van der Waals surface area contributed by atoms with E-state index in [-0.39, 0.29) is 23.3 Å². The van der Waals surface area contributed by atoms with E-state index in [1.807, 2.05) is 0 Å². The number of carbonyl (C=O) groups is 1. The largest absolute Gasteiger partial charge is 0.355 e. The lowest BCUT2D eigenvalue weighted by Gasteiger charge is -2.24. The van der Waals surface area contributed by atoms with Crippen molar-refractivity contribution in [2.45, 2.75) is 58.9 Å². The van der Waals surface area contributed by atoms with Crippen LogP contribution in [-0.4, -0.2) is 18.5 Å². The first-order valence-electron chi connectivity index (χ1n) is 6.43. The summed E-state index contributed by atoms with van der Waals surface area (Å²) >= 11 is 0. The highest BCUT2D eigenvalue weighted by Crippen LogP contribution is 2.22. The fraction of sp³-hybridized carbons (Fsp3) is 0.923. The molecule has 3 heteroatoms. The van der Waals surface area contributed by atoms with E-state index in [1.54, 1.807) is 0 Å². The van der Waals surface area contributed by atoms with Crippen LogP contribution in [0.3, 0.4) is 0 Å². The molecule has 0 spiro atoms. The molecule has 1 aliphatic carbocycles. The summed E-state index contributed by atoms with van der Waals surface area (Å²) in [6.07, 6.45) is 5.48. The Morgan fingerprint density at radius 2 is 1.88 bits per heavy atom. The Labute approximate surface area is 99.2 Å². The number of nitrogens with one attached hydrogen (secondary N) is 1. The highest BCUT2D eigenvalue weighted by molar-refractivity contribution is 5.79. The van der Waals surface area contributed by atoms with Crippen LogP contribution < -0.4 is 11.1 Å². The van der Waals surface area contributed by atoms with Gasteiger partial charge in [-0.25, -0.2) is 0 Å². The van der Waals surface area contributed by atoms with Gasteiger partial charge in [-0.15, -0.1) is 0 Å². The van der Waals surface area contributed by atoms with Gasteiger partial charge < -0.3 is 11.1 Å². The third kappa shape index (κ3) is 4.52. The quantitative estimate of drug-likeness (QED) is 0.708. The van der Waals surface area contributed by atoms with Crippen LogP contribution in [0.25, 0.3) is 0 Å². The number of rotatable bonds is 2. The molecular formula is C13H26N2O. The summed E-state index contributed by atoms with van der Waals surface area (Å²) in [5.74, 6) is 0.189. The van der Waals surface area contributed by atoms with Crippen molar-refractivity contribution in [1.29, 1.82) is 0 Å². The first-order chi connectivity index (χ1) is 7.40. The van der Waals surface area contributed by atoms with Crippen molar-refractivity contribution in [2.75, 3.05) is 6.54 Å².